The van der Waals surface area contributed by atoms with Gasteiger partial charge >= 0.3 is 0 Å². The van der Waals surface area contributed by atoms with Crippen LogP contribution in [0, 0.1) is 0 Å². The van der Waals surface area contributed by atoms with Crippen LogP contribution in [0.3, 0.4) is 0 Å². The van der Waals surface area contributed by atoms with E-state index in [-0.39, 0.29) is 17.6 Å². The summed E-state index contributed by atoms with van der Waals surface area (Å²) in [5.74, 6) is 0.630. The lowest BCUT2D eigenvalue weighted by atomic mass is 10.0. The Morgan fingerprint density at radius 3 is 2.94 bits per heavy atom. The monoisotopic (exact) mass is 250 g/mol. The number of aryl methyl sites for hydroxylation is 2. The van der Waals surface area contributed by atoms with Gasteiger partial charge in [0.15, 0.2) is 5.78 Å². The maximum Gasteiger partial charge on any atom is 0.172 e. The number of hydrogen-bond donors (Lipinski definition) is 1. The lowest BCUT2D eigenvalue weighted by molar-refractivity contribution is 0.102. The number of aliphatic hydroxyl groups is 1. The Bertz CT molecular complexity index is 415. The van der Waals surface area contributed by atoms with Crippen LogP contribution in [-0.2, 0) is 12.8 Å². The maximum absolute atomic E-state index is 12.0. The average Bonchev–Trinajstić information content (AvgIpc) is 2.82. The van der Waals surface area contributed by atoms with Crippen molar-refractivity contribution in [3.05, 3.63) is 34.9 Å². The first-order valence-electron chi connectivity index (χ1n) is 6.08. The number of aliphatic hydroxyl groups excluding tert-OH is 1. The quantitative estimate of drug-likeness (QED) is 0.816. The van der Waals surface area contributed by atoms with Gasteiger partial charge in [-0.3, -0.25) is 4.79 Å². The second kappa shape index (κ2) is 5.69. The lowest BCUT2D eigenvalue weighted by Crippen LogP contribution is -2.09. The Hall–Kier alpha value is -0.800. The van der Waals surface area contributed by atoms with Crippen molar-refractivity contribution in [2.75, 3.05) is 12.4 Å². The van der Waals surface area contributed by atoms with E-state index in [2.05, 4.69) is 12.1 Å². The molecule has 1 unspecified atom stereocenters. The van der Waals surface area contributed by atoms with Gasteiger partial charge in [0, 0.05) is 10.8 Å². The third kappa shape index (κ3) is 3.11. The molecule has 92 valence electrons. The Kier molecular flexibility index (Phi) is 4.24. The van der Waals surface area contributed by atoms with Gasteiger partial charge in [-0.2, -0.15) is 0 Å². The van der Waals surface area contributed by atoms with Crippen molar-refractivity contribution in [1.82, 2.24) is 0 Å². The van der Waals surface area contributed by atoms with Gasteiger partial charge in [-0.1, -0.05) is 19.1 Å². The fraction of sp³-hybridized carbons (Fsp3) is 0.500. The van der Waals surface area contributed by atoms with Crippen LogP contribution in [0.25, 0.3) is 0 Å². The molecule has 0 saturated heterocycles. The van der Waals surface area contributed by atoms with Crippen molar-refractivity contribution in [3.63, 3.8) is 0 Å². The third-order valence-corrected chi connectivity index (χ3v) is 4.32. The summed E-state index contributed by atoms with van der Waals surface area (Å²) in [6.07, 6.45) is 3.47. The number of ketones is 1. The van der Waals surface area contributed by atoms with E-state index < -0.39 is 0 Å². The van der Waals surface area contributed by atoms with E-state index in [1.807, 2.05) is 13.0 Å². The molecule has 0 heterocycles. The van der Waals surface area contributed by atoms with Gasteiger partial charge in [0.1, 0.15) is 0 Å². The fourth-order valence-electron chi connectivity index (χ4n) is 2.10. The van der Waals surface area contributed by atoms with E-state index in [0.717, 1.165) is 18.4 Å². The van der Waals surface area contributed by atoms with Crippen molar-refractivity contribution in [2.24, 2.45) is 0 Å². The molecular weight excluding hydrogens is 232 g/mol. The van der Waals surface area contributed by atoms with Gasteiger partial charge in [0.25, 0.3) is 0 Å². The van der Waals surface area contributed by atoms with Gasteiger partial charge in [-0.25, -0.2) is 0 Å². The predicted molar refractivity (Wildman–Crippen MR) is 71.8 cm³/mol. The summed E-state index contributed by atoms with van der Waals surface area (Å²) in [5, 5.41) is 9.05. The van der Waals surface area contributed by atoms with Gasteiger partial charge in [-0.15, -0.1) is 11.8 Å². The Labute approximate surface area is 106 Å². The minimum atomic E-state index is 0.127. The number of carbonyl (C=O) groups is 1. The standard InChI is InChI=1S/C14H18O2S/c1-10(8-15)17-9-14(16)13-6-5-11-3-2-4-12(11)7-13/h5-7,10,15H,2-4,8-9H2,1H3. The first kappa shape index (κ1) is 12.7. The van der Waals surface area contributed by atoms with Crippen LogP contribution in [0.15, 0.2) is 18.2 Å². The fourth-order valence-corrected chi connectivity index (χ4v) is 2.81. The molecule has 2 nitrogen and oxygen atoms in total. The van der Waals surface area contributed by atoms with Crippen molar-refractivity contribution in [3.8, 4) is 0 Å². The van der Waals surface area contributed by atoms with E-state index in [0.29, 0.717) is 5.75 Å². The summed E-state index contributed by atoms with van der Waals surface area (Å²) in [7, 11) is 0. The molecule has 0 saturated carbocycles. The van der Waals surface area contributed by atoms with E-state index in [1.165, 1.54) is 29.3 Å². The number of benzene rings is 1. The molecule has 2 rings (SSSR count). The van der Waals surface area contributed by atoms with E-state index >= 15 is 0 Å². The minimum Gasteiger partial charge on any atom is -0.395 e. The van der Waals surface area contributed by atoms with E-state index in [1.54, 1.807) is 0 Å². The Morgan fingerprint density at radius 2 is 2.18 bits per heavy atom. The van der Waals surface area contributed by atoms with Crippen LogP contribution in [0.4, 0.5) is 0 Å². The summed E-state index contributed by atoms with van der Waals surface area (Å²) in [5.41, 5.74) is 3.57. The normalized spacial score (nSPS) is 15.6. The zero-order valence-electron chi connectivity index (χ0n) is 10.1. The number of hydrogen-bond acceptors (Lipinski definition) is 3. The second-order valence-corrected chi connectivity index (χ2v) is 5.99. The highest BCUT2D eigenvalue weighted by Gasteiger charge is 2.14. The smallest absolute Gasteiger partial charge is 0.172 e. The molecular formula is C14H18O2S. The molecule has 3 heteroatoms. The predicted octanol–water partition coefficient (Wildman–Crippen LogP) is 2.47. The molecule has 0 radical (unpaired) electrons. The van der Waals surface area contributed by atoms with E-state index in [9.17, 15) is 4.79 Å². The summed E-state index contributed by atoms with van der Waals surface area (Å²) < 4.78 is 0. The van der Waals surface area contributed by atoms with Crippen LogP contribution in [0.1, 0.15) is 34.8 Å². The highest BCUT2D eigenvalue weighted by Crippen LogP contribution is 2.23. The molecule has 1 atom stereocenters. The molecule has 0 spiro atoms. The molecule has 17 heavy (non-hydrogen) atoms. The first-order valence-corrected chi connectivity index (χ1v) is 7.13. The number of fused-ring (bicyclic) bond motifs is 1. The van der Waals surface area contributed by atoms with E-state index in [4.69, 9.17) is 5.11 Å². The van der Waals surface area contributed by atoms with Crippen molar-refractivity contribution >= 4 is 17.5 Å². The molecule has 1 N–H and O–H groups in total. The zero-order valence-corrected chi connectivity index (χ0v) is 10.9. The molecule has 0 fully saturated rings. The number of carbonyl (C=O) groups excluding carboxylic acids is 1. The van der Waals surface area contributed by atoms with Crippen molar-refractivity contribution in [2.45, 2.75) is 31.4 Å². The highest BCUT2D eigenvalue weighted by molar-refractivity contribution is 8.00. The largest absolute Gasteiger partial charge is 0.395 e. The molecule has 0 aliphatic heterocycles. The number of thioether (sulfide) groups is 1. The van der Waals surface area contributed by atoms with Crippen LogP contribution < -0.4 is 0 Å². The molecule has 0 aromatic heterocycles. The van der Waals surface area contributed by atoms with Gasteiger partial charge < -0.3 is 5.11 Å². The zero-order chi connectivity index (χ0) is 12.3. The number of rotatable bonds is 5. The van der Waals surface area contributed by atoms with Crippen molar-refractivity contribution in [1.29, 1.82) is 0 Å². The van der Waals surface area contributed by atoms with Crippen molar-refractivity contribution < 1.29 is 9.90 Å². The Balaban J connectivity index is 2.00. The molecule has 1 aromatic rings. The summed E-state index contributed by atoms with van der Waals surface area (Å²) in [6.45, 7) is 2.06. The highest BCUT2D eigenvalue weighted by atomic mass is 32.2. The van der Waals surface area contributed by atoms with Crippen LogP contribution in [0.5, 0.6) is 0 Å². The molecule has 1 aromatic carbocycles. The molecule has 0 amide bonds. The summed E-state index contributed by atoms with van der Waals surface area (Å²) >= 11 is 1.51. The van der Waals surface area contributed by atoms with Gasteiger partial charge in [0.05, 0.1) is 12.4 Å². The minimum absolute atomic E-state index is 0.127. The first-order chi connectivity index (χ1) is 8.20. The summed E-state index contributed by atoms with van der Waals surface area (Å²) in [4.78, 5) is 12.0. The van der Waals surface area contributed by atoms with Crippen LogP contribution in [0.2, 0.25) is 0 Å². The lowest BCUT2D eigenvalue weighted by Gasteiger charge is -2.07. The SMILES string of the molecule is CC(CO)SCC(=O)c1ccc2c(c1)CCC2. The summed E-state index contributed by atoms with van der Waals surface area (Å²) in [6, 6.07) is 6.08. The number of Topliss-reactive ketones (excluding diaryl/α,β-unsaturated/α-hetero) is 1. The third-order valence-electron chi connectivity index (χ3n) is 3.18. The van der Waals surface area contributed by atoms with Crippen LogP contribution >= 0.6 is 11.8 Å². The molecule has 1 aliphatic carbocycles. The van der Waals surface area contributed by atoms with Gasteiger partial charge in [-0.05, 0) is 36.5 Å². The Morgan fingerprint density at radius 1 is 1.41 bits per heavy atom. The molecule has 0 bridgehead atoms. The molecule has 1 aliphatic rings. The van der Waals surface area contributed by atoms with Gasteiger partial charge in [0.2, 0.25) is 0 Å². The maximum atomic E-state index is 12.0. The average molecular weight is 250 g/mol. The van der Waals surface area contributed by atoms with Crippen LogP contribution in [-0.4, -0.2) is 28.5 Å². The topological polar surface area (TPSA) is 37.3 Å². The second-order valence-electron chi connectivity index (χ2n) is 4.56.